The summed E-state index contributed by atoms with van der Waals surface area (Å²) in [6.07, 6.45) is 0. The van der Waals surface area contributed by atoms with Crippen molar-refractivity contribution >= 4 is 13.7 Å². The third kappa shape index (κ3) is 3.32. The van der Waals surface area contributed by atoms with Crippen LogP contribution in [0, 0.1) is 0 Å². The van der Waals surface area contributed by atoms with Crippen LogP contribution in [-0.4, -0.2) is 22.2 Å². The summed E-state index contributed by atoms with van der Waals surface area (Å²) in [7, 11) is -2.13. The molecule has 0 fully saturated rings. The largest absolute Gasteiger partial charge is 0.510 e. The van der Waals surface area contributed by atoms with E-state index in [2.05, 4.69) is 5.32 Å². The van der Waals surface area contributed by atoms with Crippen molar-refractivity contribution in [2.75, 3.05) is 11.9 Å². The minimum absolute atomic E-state index is 0.205. The minimum Gasteiger partial charge on any atom is -0.508 e. The van der Waals surface area contributed by atoms with E-state index >= 15 is 0 Å². The molecule has 2 atom stereocenters. The van der Waals surface area contributed by atoms with E-state index in [9.17, 15) is 4.57 Å². The summed E-state index contributed by atoms with van der Waals surface area (Å²) in [5.74, 6) is 0.205. The molecule has 0 aliphatic carbocycles. The fourth-order valence-corrected chi connectivity index (χ4v) is 1.17. The highest BCUT2D eigenvalue weighted by molar-refractivity contribution is 7.38. The number of hydrogen-bond donors (Lipinski definition) is 3. The van der Waals surface area contributed by atoms with Gasteiger partial charge in [0.05, 0.1) is 6.54 Å². The van der Waals surface area contributed by atoms with Crippen molar-refractivity contribution in [1.29, 1.82) is 0 Å². The minimum atomic E-state index is -2.13. The molecular weight excluding hydrogens is 201 g/mol. The maximum atomic E-state index is 10.6. The highest BCUT2D eigenvalue weighted by Gasteiger charge is 2.22. The van der Waals surface area contributed by atoms with Gasteiger partial charge in [0.2, 0.25) is 5.66 Å². The van der Waals surface area contributed by atoms with Crippen molar-refractivity contribution in [3.05, 3.63) is 24.3 Å². The number of hydrogen-bond acceptors (Lipinski definition) is 3. The van der Waals surface area contributed by atoms with Gasteiger partial charge in [-0.05, 0) is 35.8 Å². The molecule has 1 aromatic carbocycles. The van der Waals surface area contributed by atoms with Gasteiger partial charge in [-0.15, -0.1) is 0 Å². The quantitative estimate of drug-likeness (QED) is 0.529. The molecule has 5 heteroatoms. The van der Waals surface area contributed by atoms with Crippen LogP contribution in [0.1, 0.15) is 6.92 Å². The predicted molar refractivity (Wildman–Crippen MR) is 55.9 cm³/mol. The van der Waals surface area contributed by atoms with Crippen LogP contribution in [0.2, 0.25) is 0 Å². The monoisotopic (exact) mass is 214 g/mol. The molecule has 1 aromatic rings. The van der Waals surface area contributed by atoms with Gasteiger partial charge in [0.25, 0.3) is 0 Å². The summed E-state index contributed by atoms with van der Waals surface area (Å²) < 4.78 is 10.6. The first-order chi connectivity index (χ1) is 6.59. The predicted octanol–water partition coefficient (Wildman–Crippen LogP) is 1.93. The second-order valence-electron chi connectivity index (χ2n) is 3.08. The number of phenolic OH excluding ortho intramolecular Hbond substituents is 1. The van der Waals surface area contributed by atoms with Crippen LogP contribution >= 0.6 is 8.03 Å². The Kier molecular flexibility index (Phi) is 3.86. The average molecular weight is 214 g/mol. The lowest BCUT2D eigenvalue weighted by molar-refractivity contribution is 0.475. The molecule has 14 heavy (non-hydrogen) atoms. The van der Waals surface area contributed by atoms with Gasteiger partial charge in [-0.1, -0.05) is 0 Å². The van der Waals surface area contributed by atoms with Gasteiger partial charge in [-0.2, -0.15) is 4.89 Å². The van der Waals surface area contributed by atoms with Crippen LogP contribution in [0.4, 0.5) is 5.69 Å². The average Bonchev–Trinajstić information content (AvgIpc) is 2.16. The number of phenols is 1. The maximum absolute atomic E-state index is 10.6. The van der Waals surface area contributed by atoms with Crippen molar-refractivity contribution in [3.63, 3.8) is 0 Å². The van der Waals surface area contributed by atoms with Crippen LogP contribution in [0.5, 0.6) is 5.75 Å². The molecule has 0 aliphatic heterocycles. The fraction of sp³-hybridized carbons (Fsp3) is 0.333. The van der Waals surface area contributed by atoms with Crippen molar-refractivity contribution in [3.8, 4) is 5.75 Å². The van der Waals surface area contributed by atoms with Crippen LogP contribution in [0.25, 0.3) is 0 Å². The van der Waals surface area contributed by atoms with Crippen molar-refractivity contribution in [2.24, 2.45) is 0 Å². The molecule has 3 N–H and O–H groups in total. The molecule has 1 rings (SSSR count). The molecule has 0 radical (unpaired) electrons. The summed E-state index contributed by atoms with van der Waals surface area (Å²) in [4.78, 5) is 8.77. The highest BCUT2D eigenvalue weighted by Crippen LogP contribution is 2.22. The topological polar surface area (TPSA) is 69.6 Å². The van der Waals surface area contributed by atoms with Crippen molar-refractivity contribution in [1.82, 2.24) is 0 Å². The van der Waals surface area contributed by atoms with Crippen LogP contribution in [0.3, 0.4) is 0 Å². The summed E-state index contributed by atoms with van der Waals surface area (Å²) >= 11 is 0. The number of aromatic hydroxyl groups is 1. The van der Waals surface area contributed by atoms with Gasteiger partial charge >= 0.3 is 8.03 Å². The Morgan fingerprint density at radius 1 is 1.43 bits per heavy atom. The molecule has 76 valence electrons. The SMILES string of the molecule is CC(CNc1ccc(O)cc1)[P+](=O)O. The number of nitrogens with one attached hydrogen (secondary N) is 1. The zero-order valence-corrected chi connectivity index (χ0v) is 8.74. The molecule has 0 spiro atoms. The lowest BCUT2D eigenvalue weighted by Gasteiger charge is -2.04. The number of benzene rings is 1. The summed E-state index contributed by atoms with van der Waals surface area (Å²) in [6, 6.07) is 6.55. The first-order valence-corrected chi connectivity index (χ1v) is 5.56. The highest BCUT2D eigenvalue weighted by atomic mass is 31.1. The van der Waals surface area contributed by atoms with E-state index in [4.69, 9.17) is 10.00 Å². The van der Waals surface area contributed by atoms with Crippen LogP contribution < -0.4 is 5.32 Å². The van der Waals surface area contributed by atoms with E-state index in [1.807, 2.05) is 0 Å². The van der Waals surface area contributed by atoms with E-state index < -0.39 is 8.03 Å². The Labute approximate surface area is 83.5 Å². The van der Waals surface area contributed by atoms with Gasteiger partial charge in [-0.3, -0.25) is 0 Å². The Balaban J connectivity index is 2.46. The molecule has 0 amide bonds. The molecule has 0 saturated carbocycles. The normalized spacial score (nSPS) is 13.4. The Hall–Kier alpha value is -1.12. The van der Waals surface area contributed by atoms with E-state index in [-0.39, 0.29) is 11.4 Å². The molecule has 2 unspecified atom stereocenters. The molecule has 0 heterocycles. The summed E-state index contributed by atoms with van der Waals surface area (Å²) in [5, 5.41) is 12.0. The Morgan fingerprint density at radius 3 is 2.50 bits per heavy atom. The Morgan fingerprint density at radius 2 is 2.00 bits per heavy atom. The third-order valence-electron chi connectivity index (χ3n) is 1.85. The van der Waals surface area contributed by atoms with E-state index in [1.54, 1.807) is 31.2 Å². The van der Waals surface area contributed by atoms with Gasteiger partial charge in [0, 0.05) is 5.69 Å². The smallest absolute Gasteiger partial charge is 0.508 e. The fourth-order valence-electron chi connectivity index (χ4n) is 0.923. The van der Waals surface area contributed by atoms with E-state index in [1.165, 1.54) is 0 Å². The molecule has 0 aliphatic rings. The van der Waals surface area contributed by atoms with Crippen molar-refractivity contribution < 1.29 is 14.6 Å². The standard InChI is InChI=1S/C9H12NO3P/c1-7(14(12)13)6-10-8-2-4-9(11)5-3-8/h2-5,7,10H,6H2,1H3,(H-,11,12,13)/p+1. The third-order valence-corrected chi connectivity index (χ3v) is 2.78. The molecule has 4 nitrogen and oxygen atoms in total. The zero-order chi connectivity index (χ0) is 10.6. The lowest BCUT2D eigenvalue weighted by atomic mass is 10.3. The maximum Gasteiger partial charge on any atom is 0.510 e. The van der Waals surface area contributed by atoms with E-state index in [0.29, 0.717) is 6.54 Å². The van der Waals surface area contributed by atoms with Gasteiger partial charge in [-0.25, -0.2) is 0 Å². The lowest BCUT2D eigenvalue weighted by Crippen LogP contribution is -2.12. The zero-order valence-electron chi connectivity index (χ0n) is 7.84. The molecule has 0 aromatic heterocycles. The molecule has 0 bridgehead atoms. The number of anilines is 1. The van der Waals surface area contributed by atoms with Gasteiger partial charge < -0.3 is 10.4 Å². The van der Waals surface area contributed by atoms with Crippen LogP contribution in [-0.2, 0) is 4.57 Å². The first kappa shape index (κ1) is 11.0. The second kappa shape index (κ2) is 4.94. The van der Waals surface area contributed by atoms with Gasteiger partial charge in [0.1, 0.15) is 5.75 Å². The first-order valence-electron chi connectivity index (χ1n) is 4.27. The summed E-state index contributed by atoms with van der Waals surface area (Å²) in [6.45, 7) is 2.14. The van der Waals surface area contributed by atoms with Crippen molar-refractivity contribution in [2.45, 2.75) is 12.6 Å². The molecular formula is C9H13NO3P+. The number of rotatable bonds is 4. The van der Waals surface area contributed by atoms with Crippen LogP contribution in [0.15, 0.2) is 24.3 Å². The molecule has 0 saturated heterocycles. The van der Waals surface area contributed by atoms with Gasteiger partial charge in [0.15, 0.2) is 0 Å². The van der Waals surface area contributed by atoms with E-state index in [0.717, 1.165) is 5.69 Å². The second-order valence-corrected chi connectivity index (χ2v) is 4.57. The summed E-state index contributed by atoms with van der Waals surface area (Å²) in [5.41, 5.74) is 0.547. The Bertz CT molecular complexity index is 312.